The van der Waals surface area contributed by atoms with Crippen LogP contribution in [0.1, 0.15) is 36.6 Å². The Balaban J connectivity index is 1.63. The molecular formula is C25H27N7OS. The molecule has 0 saturated heterocycles. The Morgan fingerprint density at radius 3 is 2.56 bits per heavy atom. The molecule has 0 aliphatic rings. The number of rotatable bonds is 9. The van der Waals surface area contributed by atoms with Gasteiger partial charge in [0.1, 0.15) is 17.4 Å². The number of nitrogens with zero attached hydrogens (tertiary/aromatic N) is 6. The summed E-state index contributed by atoms with van der Waals surface area (Å²) in [5.74, 6) is 1.35. The van der Waals surface area contributed by atoms with E-state index in [9.17, 15) is 10.4 Å². The number of benzene rings is 2. The second-order valence-electron chi connectivity index (χ2n) is 8.12. The molecule has 4 rings (SSSR count). The molecule has 174 valence electrons. The van der Waals surface area contributed by atoms with Crippen LogP contribution in [-0.4, -0.2) is 54.6 Å². The van der Waals surface area contributed by atoms with Crippen molar-refractivity contribution < 1.29 is 5.11 Å². The normalized spacial score (nSPS) is 13.1. The molecule has 0 bridgehead atoms. The predicted molar refractivity (Wildman–Crippen MR) is 134 cm³/mol. The fraction of sp³-hybridized carbons (Fsp3) is 0.280. The SMILES string of the molecule is CCC(c1nnc(SCC(O)=C(C#N)c2nc3ccccc3[nH]2)n1Cc1ccccc1)N(C)C. The fourth-order valence-electron chi connectivity index (χ4n) is 3.88. The molecule has 4 aromatic rings. The fourth-order valence-corrected chi connectivity index (χ4v) is 4.70. The Morgan fingerprint density at radius 1 is 1.15 bits per heavy atom. The molecule has 8 nitrogen and oxygen atoms in total. The number of hydrogen-bond acceptors (Lipinski definition) is 7. The van der Waals surface area contributed by atoms with Crippen molar-refractivity contribution in [3.05, 3.63) is 77.6 Å². The number of H-pyrrole nitrogens is 1. The number of hydrogen-bond donors (Lipinski definition) is 2. The molecule has 0 saturated carbocycles. The number of aromatic amines is 1. The van der Waals surface area contributed by atoms with Gasteiger partial charge in [-0.15, -0.1) is 10.2 Å². The van der Waals surface area contributed by atoms with Gasteiger partial charge in [0.25, 0.3) is 0 Å². The van der Waals surface area contributed by atoms with Gasteiger partial charge in [0.15, 0.2) is 16.8 Å². The molecule has 2 N–H and O–H groups in total. The van der Waals surface area contributed by atoms with Crippen molar-refractivity contribution in [1.29, 1.82) is 5.26 Å². The van der Waals surface area contributed by atoms with E-state index in [2.05, 4.69) is 54.8 Å². The summed E-state index contributed by atoms with van der Waals surface area (Å²) >= 11 is 1.35. The first-order chi connectivity index (χ1) is 16.5. The summed E-state index contributed by atoms with van der Waals surface area (Å²) in [7, 11) is 4.06. The number of aromatic nitrogens is 5. The monoisotopic (exact) mass is 473 g/mol. The second-order valence-corrected chi connectivity index (χ2v) is 9.07. The van der Waals surface area contributed by atoms with Crippen LogP contribution in [0.5, 0.6) is 0 Å². The molecule has 0 aliphatic carbocycles. The molecule has 1 unspecified atom stereocenters. The molecule has 34 heavy (non-hydrogen) atoms. The van der Waals surface area contributed by atoms with Crippen molar-refractivity contribution in [2.45, 2.75) is 31.1 Å². The molecular weight excluding hydrogens is 446 g/mol. The molecule has 0 fully saturated rings. The van der Waals surface area contributed by atoms with Gasteiger partial charge in [-0.1, -0.05) is 61.2 Å². The molecule has 9 heteroatoms. The molecule has 0 spiro atoms. The van der Waals surface area contributed by atoms with Crippen molar-refractivity contribution in [2.24, 2.45) is 0 Å². The summed E-state index contributed by atoms with van der Waals surface area (Å²) in [5.41, 5.74) is 2.82. The number of para-hydroxylation sites is 2. The van der Waals surface area contributed by atoms with Crippen LogP contribution in [0.4, 0.5) is 0 Å². The number of aliphatic hydroxyl groups is 1. The molecule has 0 amide bonds. The maximum Gasteiger partial charge on any atom is 0.192 e. The third-order valence-corrected chi connectivity index (χ3v) is 6.58. The lowest BCUT2D eigenvalue weighted by molar-refractivity contribution is 0.272. The highest BCUT2D eigenvalue weighted by Gasteiger charge is 2.23. The highest BCUT2D eigenvalue weighted by Crippen LogP contribution is 2.28. The summed E-state index contributed by atoms with van der Waals surface area (Å²) in [6.07, 6.45) is 0.889. The van der Waals surface area contributed by atoms with Gasteiger partial charge in [0, 0.05) is 0 Å². The third-order valence-electron chi connectivity index (χ3n) is 5.60. The van der Waals surface area contributed by atoms with E-state index in [0.717, 1.165) is 28.8 Å². The first-order valence-electron chi connectivity index (χ1n) is 11.0. The minimum Gasteiger partial charge on any atom is -0.510 e. The maximum absolute atomic E-state index is 10.8. The first kappa shape index (κ1) is 23.5. The summed E-state index contributed by atoms with van der Waals surface area (Å²) < 4.78 is 2.09. The summed E-state index contributed by atoms with van der Waals surface area (Å²) in [6, 6.07) is 19.9. The molecule has 0 aliphatic heterocycles. The quantitative estimate of drug-likeness (QED) is 0.204. The Morgan fingerprint density at radius 2 is 1.88 bits per heavy atom. The van der Waals surface area contributed by atoms with Crippen LogP contribution in [0.3, 0.4) is 0 Å². The Hall–Kier alpha value is -3.61. The highest BCUT2D eigenvalue weighted by molar-refractivity contribution is 7.99. The van der Waals surface area contributed by atoms with E-state index in [1.54, 1.807) is 0 Å². The lowest BCUT2D eigenvalue weighted by Gasteiger charge is -2.23. The van der Waals surface area contributed by atoms with E-state index in [1.165, 1.54) is 11.8 Å². The molecule has 2 heterocycles. The smallest absolute Gasteiger partial charge is 0.192 e. The number of fused-ring (bicyclic) bond motifs is 1. The van der Waals surface area contributed by atoms with Crippen LogP contribution < -0.4 is 0 Å². The van der Waals surface area contributed by atoms with E-state index >= 15 is 0 Å². The minimum atomic E-state index is -0.0537. The lowest BCUT2D eigenvalue weighted by Crippen LogP contribution is -2.23. The summed E-state index contributed by atoms with van der Waals surface area (Å²) in [5, 5.41) is 30.1. The molecule has 0 radical (unpaired) electrons. The van der Waals surface area contributed by atoms with Crippen molar-refractivity contribution >= 4 is 28.4 Å². The maximum atomic E-state index is 10.8. The number of imidazole rings is 1. The summed E-state index contributed by atoms with van der Waals surface area (Å²) in [6.45, 7) is 2.75. The predicted octanol–water partition coefficient (Wildman–Crippen LogP) is 4.80. The van der Waals surface area contributed by atoms with Crippen LogP contribution in [0, 0.1) is 11.3 Å². The second kappa shape index (κ2) is 10.5. The van der Waals surface area contributed by atoms with Crippen LogP contribution >= 0.6 is 11.8 Å². The topological polar surface area (TPSA) is 107 Å². The van der Waals surface area contributed by atoms with E-state index in [1.807, 2.05) is 56.6 Å². The highest BCUT2D eigenvalue weighted by atomic mass is 32.2. The van der Waals surface area contributed by atoms with Gasteiger partial charge in [-0.25, -0.2) is 4.98 Å². The Labute approximate surface area is 203 Å². The van der Waals surface area contributed by atoms with E-state index in [0.29, 0.717) is 17.5 Å². The Kier molecular flexibility index (Phi) is 7.30. The number of aliphatic hydroxyl groups excluding tert-OH is 1. The number of allylic oxidation sites excluding steroid dienone is 1. The first-order valence-corrected chi connectivity index (χ1v) is 12.0. The summed E-state index contributed by atoms with van der Waals surface area (Å²) in [4.78, 5) is 9.69. The molecule has 1 atom stereocenters. The minimum absolute atomic E-state index is 0.0537. The van der Waals surface area contributed by atoms with Crippen LogP contribution in [0.2, 0.25) is 0 Å². The van der Waals surface area contributed by atoms with Crippen LogP contribution in [0.15, 0.2) is 65.5 Å². The van der Waals surface area contributed by atoms with E-state index in [4.69, 9.17) is 0 Å². The lowest BCUT2D eigenvalue weighted by atomic mass is 10.2. The van der Waals surface area contributed by atoms with Gasteiger partial charge in [-0.2, -0.15) is 5.26 Å². The van der Waals surface area contributed by atoms with Gasteiger partial charge in [-0.3, -0.25) is 4.90 Å². The number of nitrogens with one attached hydrogen (secondary N) is 1. The van der Waals surface area contributed by atoms with Gasteiger partial charge < -0.3 is 14.7 Å². The van der Waals surface area contributed by atoms with Crippen LogP contribution in [0.25, 0.3) is 16.6 Å². The van der Waals surface area contributed by atoms with Crippen molar-refractivity contribution in [3.63, 3.8) is 0 Å². The van der Waals surface area contributed by atoms with Gasteiger partial charge in [0.2, 0.25) is 0 Å². The number of thioether (sulfide) groups is 1. The average Bonchev–Trinajstić information content (AvgIpc) is 3.43. The van der Waals surface area contributed by atoms with Gasteiger partial charge in [-0.05, 0) is 38.2 Å². The molecule has 2 aromatic carbocycles. The molecule has 2 aromatic heterocycles. The van der Waals surface area contributed by atoms with Gasteiger partial charge in [0.05, 0.1) is 29.4 Å². The number of nitriles is 1. The average molecular weight is 474 g/mol. The van der Waals surface area contributed by atoms with Crippen molar-refractivity contribution in [2.75, 3.05) is 19.8 Å². The largest absolute Gasteiger partial charge is 0.510 e. The Bertz CT molecular complexity index is 1300. The zero-order valence-electron chi connectivity index (χ0n) is 19.4. The third kappa shape index (κ3) is 4.98. The van der Waals surface area contributed by atoms with Gasteiger partial charge >= 0.3 is 0 Å². The van der Waals surface area contributed by atoms with Crippen molar-refractivity contribution in [3.8, 4) is 6.07 Å². The van der Waals surface area contributed by atoms with E-state index in [-0.39, 0.29) is 23.1 Å². The van der Waals surface area contributed by atoms with E-state index < -0.39 is 0 Å². The zero-order chi connectivity index (χ0) is 24.1. The zero-order valence-corrected chi connectivity index (χ0v) is 20.3. The van der Waals surface area contributed by atoms with Crippen LogP contribution in [-0.2, 0) is 6.54 Å². The standard InChI is InChI=1S/C25H27N7OS/c1-4-21(31(2)3)24-29-30-25(32(24)15-17-10-6-5-7-11-17)34-16-22(33)18(14-26)23-27-19-12-8-9-13-20(19)28-23/h5-13,21,33H,4,15-16H2,1-3H3,(H,27,28). The van der Waals surface area contributed by atoms with Crippen molar-refractivity contribution in [1.82, 2.24) is 29.6 Å².